The summed E-state index contributed by atoms with van der Waals surface area (Å²) in [5.41, 5.74) is 2.05. The summed E-state index contributed by atoms with van der Waals surface area (Å²) in [6, 6.07) is 1.93. The van der Waals surface area contributed by atoms with E-state index in [-0.39, 0.29) is 5.91 Å². The number of nitrogens with zero attached hydrogens (tertiary/aromatic N) is 3. The van der Waals surface area contributed by atoms with Gasteiger partial charge in [-0.3, -0.25) is 9.78 Å². The van der Waals surface area contributed by atoms with Crippen LogP contribution in [0.1, 0.15) is 28.8 Å². The molecule has 2 fully saturated rings. The van der Waals surface area contributed by atoms with Crippen molar-refractivity contribution < 1.29 is 9.53 Å². The first-order chi connectivity index (χ1) is 11.0. The number of aromatic nitrogens is 1. The Balaban J connectivity index is 1.67. The van der Waals surface area contributed by atoms with Crippen molar-refractivity contribution in [1.82, 2.24) is 14.8 Å². The lowest BCUT2D eigenvalue weighted by Crippen LogP contribution is -2.47. The highest BCUT2D eigenvalue weighted by atomic mass is 16.5. The number of pyridine rings is 1. The second-order valence-corrected chi connectivity index (χ2v) is 7.25. The fourth-order valence-electron chi connectivity index (χ4n) is 4.31. The summed E-state index contributed by atoms with van der Waals surface area (Å²) in [6.45, 7) is 6.68. The van der Waals surface area contributed by atoms with Crippen LogP contribution < -0.4 is 0 Å². The van der Waals surface area contributed by atoms with E-state index in [0.29, 0.717) is 16.9 Å². The maximum absolute atomic E-state index is 12.7. The Labute approximate surface area is 138 Å². The number of aryl methyl sites for hydroxylation is 1. The Kier molecular flexibility index (Phi) is 4.69. The van der Waals surface area contributed by atoms with Crippen molar-refractivity contribution in [2.75, 3.05) is 46.9 Å². The Hall–Kier alpha value is -1.46. The number of rotatable bonds is 3. The van der Waals surface area contributed by atoms with Gasteiger partial charge >= 0.3 is 0 Å². The minimum absolute atomic E-state index is 0.116. The standard InChI is InChI=1S/C18H27N3O2/c1-14-8-15(10-19-9-14)17(22)21-6-4-18(5-7-21)13-20(2)11-16(18)12-23-3/h8-10,16H,4-7,11-13H2,1-3H3. The second kappa shape index (κ2) is 6.57. The second-order valence-electron chi connectivity index (χ2n) is 7.25. The van der Waals surface area contributed by atoms with E-state index in [9.17, 15) is 4.79 Å². The molecule has 126 valence electrons. The summed E-state index contributed by atoms with van der Waals surface area (Å²) < 4.78 is 5.44. The third kappa shape index (κ3) is 3.26. The first kappa shape index (κ1) is 16.4. The molecular weight excluding hydrogens is 290 g/mol. The topological polar surface area (TPSA) is 45.7 Å². The molecule has 1 unspecified atom stereocenters. The number of ether oxygens (including phenoxy) is 1. The van der Waals surface area contributed by atoms with Gasteiger partial charge in [0.2, 0.25) is 0 Å². The largest absolute Gasteiger partial charge is 0.384 e. The summed E-state index contributed by atoms with van der Waals surface area (Å²) in [6.07, 6.45) is 5.59. The number of carbonyl (C=O) groups excluding carboxylic acids is 1. The van der Waals surface area contributed by atoms with Crippen LogP contribution in [0.2, 0.25) is 0 Å². The summed E-state index contributed by atoms with van der Waals surface area (Å²) in [4.78, 5) is 21.2. The molecule has 1 amide bonds. The number of hydrogen-bond donors (Lipinski definition) is 0. The molecule has 3 heterocycles. The highest BCUT2D eigenvalue weighted by Gasteiger charge is 2.47. The van der Waals surface area contributed by atoms with Crippen LogP contribution in [0.15, 0.2) is 18.5 Å². The van der Waals surface area contributed by atoms with Crippen molar-refractivity contribution in [2.24, 2.45) is 11.3 Å². The van der Waals surface area contributed by atoms with E-state index in [2.05, 4.69) is 16.9 Å². The predicted molar refractivity (Wildman–Crippen MR) is 89.4 cm³/mol. The van der Waals surface area contributed by atoms with Gasteiger partial charge in [0.1, 0.15) is 0 Å². The maximum atomic E-state index is 12.7. The number of hydrogen-bond acceptors (Lipinski definition) is 4. The van der Waals surface area contributed by atoms with Gasteiger partial charge in [0.25, 0.3) is 5.91 Å². The quantitative estimate of drug-likeness (QED) is 0.853. The number of piperidine rings is 1. The van der Waals surface area contributed by atoms with Gasteiger partial charge in [0.15, 0.2) is 0 Å². The Morgan fingerprint density at radius 1 is 1.39 bits per heavy atom. The van der Waals surface area contributed by atoms with E-state index < -0.39 is 0 Å². The van der Waals surface area contributed by atoms with Gasteiger partial charge in [-0.15, -0.1) is 0 Å². The molecule has 2 aliphatic heterocycles. The molecule has 0 aromatic carbocycles. The van der Waals surface area contributed by atoms with Crippen LogP contribution in [0.3, 0.4) is 0 Å². The van der Waals surface area contributed by atoms with Crippen LogP contribution >= 0.6 is 0 Å². The van der Waals surface area contributed by atoms with E-state index in [1.165, 1.54) is 0 Å². The lowest BCUT2D eigenvalue weighted by molar-refractivity contribution is 0.0324. The molecule has 5 heteroatoms. The van der Waals surface area contributed by atoms with E-state index in [4.69, 9.17) is 4.74 Å². The van der Waals surface area contributed by atoms with Gasteiger partial charge in [-0.05, 0) is 43.9 Å². The third-order valence-electron chi connectivity index (χ3n) is 5.52. The molecule has 0 saturated carbocycles. The van der Waals surface area contributed by atoms with E-state index in [1.54, 1.807) is 19.5 Å². The lowest BCUT2D eigenvalue weighted by atomic mass is 9.71. The van der Waals surface area contributed by atoms with Crippen LogP contribution in [0.5, 0.6) is 0 Å². The van der Waals surface area contributed by atoms with E-state index >= 15 is 0 Å². The number of carbonyl (C=O) groups is 1. The van der Waals surface area contributed by atoms with Crippen molar-refractivity contribution in [3.63, 3.8) is 0 Å². The molecule has 0 radical (unpaired) electrons. The molecule has 1 aromatic rings. The number of methoxy groups -OCH3 is 1. The molecule has 1 atom stereocenters. The predicted octanol–water partition coefficient (Wildman–Crippen LogP) is 1.82. The van der Waals surface area contributed by atoms with Crippen LogP contribution in [0.25, 0.3) is 0 Å². The minimum atomic E-state index is 0.116. The molecule has 1 aromatic heterocycles. The zero-order valence-corrected chi connectivity index (χ0v) is 14.4. The van der Waals surface area contributed by atoms with Crippen LogP contribution in [-0.2, 0) is 4.74 Å². The molecule has 2 saturated heterocycles. The monoisotopic (exact) mass is 317 g/mol. The number of likely N-dealkylation sites (tertiary alicyclic amines) is 2. The average molecular weight is 317 g/mol. The van der Waals surface area contributed by atoms with Gasteiger partial charge in [0.05, 0.1) is 12.2 Å². The first-order valence-corrected chi connectivity index (χ1v) is 8.42. The molecular formula is C18H27N3O2. The van der Waals surface area contributed by atoms with Gasteiger partial charge in [-0.1, -0.05) is 0 Å². The summed E-state index contributed by atoms with van der Waals surface area (Å²) >= 11 is 0. The molecule has 1 spiro atoms. The van der Waals surface area contributed by atoms with Gasteiger partial charge < -0.3 is 14.5 Å². The molecule has 0 aliphatic carbocycles. The molecule has 2 aliphatic rings. The van der Waals surface area contributed by atoms with Crippen LogP contribution in [0.4, 0.5) is 0 Å². The maximum Gasteiger partial charge on any atom is 0.255 e. The molecule has 23 heavy (non-hydrogen) atoms. The zero-order chi connectivity index (χ0) is 16.4. The Morgan fingerprint density at radius 3 is 2.78 bits per heavy atom. The van der Waals surface area contributed by atoms with Gasteiger partial charge in [-0.25, -0.2) is 0 Å². The third-order valence-corrected chi connectivity index (χ3v) is 5.52. The van der Waals surface area contributed by atoms with Crippen molar-refractivity contribution in [1.29, 1.82) is 0 Å². The molecule has 0 N–H and O–H groups in total. The summed E-state index contributed by atoms with van der Waals surface area (Å²) in [5.74, 6) is 0.695. The van der Waals surface area contributed by atoms with Gasteiger partial charge in [0, 0.05) is 51.6 Å². The highest BCUT2D eigenvalue weighted by molar-refractivity contribution is 5.94. The smallest absolute Gasteiger partial charge is 0.255 e. The van der Waals surface area contributed by atoms with Crippen LogP contribution in [-0.4, -0.2) is 67.6 Å². The SMILES string of the molecule is COCC1CN(C)CC12CCN(C(=O)c1cncc(C)c1)CC2. The average Bonchev–Trinajstić information content (AvgIpc) is 2.83. The summed E-state index contributed by atoms with van der Waals surface area (Å²) in [5, 5.41) is 0. The van der Waals surface area contributed by atoms with Crippen LogP contribution in [0, 0.1) is 18.3 Å². The van der Waals surface area contributed by atoms with Gasteiger partial charge in [-0.2, -0.15) is 0 Å². The van der Waals surface area contributed by atoms with Crippen molar-refractivity contribution in [3.05, 3.63) is 29.6 Å². The van der Waals surface area contributed by atoms with E-state index in [1.807, 2.05) is 17.9 Å². The molecule has 5 nitrogen and oxygen atoms in total. The number of amides is 1. The fourth-order valence-corrected chi connectivity index (χ4v) is 4.31. The Morgan fingerprint density at radius 2 is 2.13 bits per heavy atom. The molecule has 3 rings (SSSR count). The van der Waals surface area contributed by atoms with Crippen molar-refractivity contribution in [3.8, 4) is 0 Å². The highest BCUT2D eigenvalue weighted by Crippen LogP contribution is 2.44. The molecule has 0 bridgehead atoms. The Bertz CT molecular complexity index is 567. The first-order valence-electron chi connectivity index (χ1n) is 8.42. The minimum Gasteiger partial charge on any atom is -0.384 e. The fraction of sp³-hybridized carbons (Fsp3) is 0.667. The zero-order valence-electron chi connectivity index (χ0n) is 14.4. The lowest BCUT2D eigenvalue weighted by Gasteiger charge is -2.42. The van der Waals surface area contributed by atoms with Crippen molar-refractivity contribution >= 4 is 5.91 Å². The van der Waals surface area contributed by atoms with E-state index in [0.717, 1.165) is 51.2 Å². The normalized spacial score (nSPS) is 24.3. The summed E-state index contributed by atoms with van der Waals surface area (Å²) in [7, 11) is 3.97. The van der Waals surface area contributed by atoms with Crippen molar-refractivity contribution in [2.45, 2.75) is 19.8 Å².